The van der Waals surface area contributed by atoms with Gasteiger partial charge in [0.1, 0.15) is 11.6 Å². The van der Waals surface area contributed by atoms with Crippen molar-refractivity contribution in [1.29, 1.82) is 0 Å². The van der Waals surface area contributed by atoms with Crippen LogP contribution in [0.3, 0.4) is 0 Å². The van der Waals surface area contributed by atoms with E-state index >= 15 is 0 Å². The van der Waals surface area contributed by atoms with Gasteiger partial charge >= 0.3 is 0 Å². The van der Waals surface area contributed by atoms with E-state index in [9.17, 15) is 8.78 Å². The summed E-state index contributed by atoms with van der Waals surface area (Å²) in [5.41, 5.74) is 0.285. The predicted octanol–water partition coefficient (Wildman–Crippen LogP) is 2.62. The summed E-state index contributed by atoms with van der Waals surface area (Å²) >= 11 is 1.74. The summed E-state index contributed by atoms with van der Waals surface area (Å²) in [6.45, 7) is 1.47. The Balaban J connectivity index is 3.28. The Morgan fingerprint density at radius 3 is 2.50 bits per heavy atom. The number of halogens is 3. The molecule has 0 amide bonds. The molecular weight excluding hydrogens is 277 g/mol. The molecule has 0 aromatic heterocycles. The topological polar surface area (TPSA) is 20.2 Å². The Kier molecular flexibility index (Phi) is 3.00. The van der Waals surface area contributed by atoms with E-state index in [0.29, 0.717) is 0 Å². The normalized spacial score (nSPS) is 13.1. The zero-order valence-electron chi connectivity index (χ0n) is 6.31. The molecule has 0 fully saturated rings. The Labute approximate surface area is 82.5 Å². The van der Waals surface area contributed by atoms with Crippen LogP contribution in [-0.4, -0.2) is 5.11 Å². The van der Waals surface area contributed by atoms with Crippen molar-refractivity contribution in [2.75, 3.05) is 0 Å². The number of aliphatic hydroxyl groups excluding tert-OH is 1. The smallest absolute Gasteiger partial charge is 0.139 e. The Hall–Kier alpha value is -0.230. The van der Waals surface area contributed by atoms with Crippen LogP contribution >= 0.6 is 22.6 Å². The van der Waals surface area contributed by atoms with Gasteiger partial charge in [0, 0.05) is 6.07 Å². The number of rotatable bonds is 1. The lowest BCUT2D eigenvalue weighted by atomic mass is 10.1. The predicted molar refractivity (Wildman–Crippen MR) is 49.7 cm³/mol. The molecule has 0 bridgehead atoms. The molecule has 1 N–H and O–H groups in total. The molecule has 4 heteroatoms. The number of benzene rings is 1. The SMILES string of the molecule is C[C@@H](O)c1cc(F)cc(F)c1I. The van der Waals surface area contributed by atoms with Gasteiger partial charge in [0.05, 0.1) is 9.67 Å². The van der Waals surface area contributed by atoms with Crippen LogP contribution < -0.4 is 0 Å². The van der Waals surface area contributed by atoms with E-state index in [2.05, 4.69) is 0 Å². The van der Waals surface area contributed by atoms with Crippen molar-refractivity contribution in [2.45, 2.75) is 13.0 Å². The fourth-order valence-corrected chi connectivity index (χ4v) is 1.64. The highest BCUT2D eigenvalue weighted by Crippen LogP contribution is 2.23. The second kappa shape index (κ2) is 3.66. The zero-order chi connectivity index (χ0) is 9.30. The Morgan fingerprint density at radius 1 is 1.42 bits per heavy atom. The molecule has 0 unspecified atom stereocenters. The molecule has 1 nitrogen and oxygen atoms in total. The number of aliphatic hydroxyl groups is 1. The van der Waals surface area contributed by atoms with E-state index in [-0.39, 0.29) is 9.13 Å². The molecule has 0 aliphatic heterocycles. The minimum absolute atomic E-state index is 0.268. The molecule has 1 atom stereocenters. The summed E-state index contributed by atoms with van der Waals surface area (Å²) in [4.78, 5) is 0. The highest BCUT2D eigenvalue weighted by Gasteiger charge is 2.11. The largest absolute Gasteiger partial charge is 0.389 e. The zero-order valence-corrected chi connectivity index (χ0v) is 8.47. The third-order valence-electron chi connectivity index (χ3n) is 1.47. The Morgan fingerprint density at radius 2 is 2.00 bits per heavy atom. The summed E-state index contributed by atoms with van der Waals surface area (Å²) < 4.78 is 25.7. The van der Waals surface area contributed by atoms with E-state index in [1.165, 1.54) is 6.92 Å². The number of hydrogen-bond acceptors (Lipinski definition) is 1. The van der Waals surface area contributed by atoms with Crippen molar-refractivity contribution in [1.82, 2.24) is 0 Å². The average Bonchev–Trinajstić information content (AvgIpc) is 1.96. The van der Waals surface area contributed by atoms with Crippen LogP contribution in [0.1, 0.15) is 18.6 Å². The fraction of sp³-hybridized carbons (Fsp3) is 0.250. The van der Waals surface area contributed by atoms with Gasteiger partial charge in [-0.1, -0.05) is 0 Å². The maximum atomic E-state index is 12.8. The lowest BCUT2D eigenvalue weighted by molar-refractivity contribution is 0.197. The quantitative estimate of drug-likeness (QED) is 0.621. The van der Waals surface area contributed by atoms with Crippen LogP contribution in [-0.2, 0) is 0 Å². The van der Waals surface area contributed by atoms with Gasteiger partial charge in [-0.05, 0) is 41.1 Å². The molecule has 1 rings (SSSR count). The van der Waals surface area contributed by atoms with Crippen molar-refractivity contribution >= 4 is 22.6 Å². The van der Waals surface area contributed by atoms with E-state index < -0.39 is 17.7 Å². The summed E-state index contributed by atoms with van der Waals surface area (Å²) in [5.74, 6) is -1.30. The third-order valence-corrected chi connectivity index (χ3v) is 2.61. The van der Waals surface area contributed by atoms with Crippen molar-refractivity contribution in [3.8, 4) is 0 Å². The van der Waals surface area contributed by atoms with Gasteiger partial charge in [-0.3, -0.25) is 0 Å². The van der Waals surface area contributed by atoms with Crippen LogP contribution in [0.15, 0.2) is 12.1 Å². The van der Waals surface area contributed by atoms with Gasteiger partial charge in [-0.2, -0.15) is 0 Å². The van der Waals surface area contributed by atoms with Gasteiger partial charge < -0.3 is 5.11 Å². The van der Waals surface area contributed by atoms with Crippen molar-refractivity contribution in [3.63, 3.8) is 0 Å². The molecule has 0 saturated carbocycles. The van der Waals surface area contributed by atoms with E-state index in [1.54, 1.807) is 22.6 Å². The number of hydrogen-bond donors (Lipinski definition) is 1. The van der Waals surface area contributed by atoms with Gasteiger partial charge in [-0.15, -0.1) is 0 Å². The molecule has 1 aromatic rings. The van der Waals surface area contributed by atoms with Crippen molar-refractivity contribution in [2.24, 2.45) is 0 Å². The monoisotopic (exact) mass is 284 g/mol. The van der Waals surface area contributed by atoms with Crippen LogP contribution in [0.5, 0.6) is 0 Å². The molecule has 0 spiro atoms. The van der Waals surface area contributed by atoms with Crippen LogP contribution in [0.2, 0.25) is 0 Å². The van der Waals surface area contributed by atoms with Crippen LogP contribution in [0, 0.1) is 15.2 Å². The molecule has 0 saturated heterocycles. The summed E-state index contributed by atoms with van der Waals surface area (Å²) in [7, 11) is 0. The van der Waals surface area contributed by atoms with Crippen LogP contribution in [0.25, 0.3) is 0 Å². The summed E-state index contributed by atoms with van der Waals surface area (Å²) in [6, 6.07) is 1.93. The second-order valence-electron chi connectivity index (χ2n) is 2.47. The first-order chi connectivity index (χ1) is 5.52. The van der Waals surface area contributed by atoms with E-state index in [4.69, 9.17) is 5.11 Å². The van der Waals surface area contributed by atoms with E-state index in [0.717, 1.165) is 12.1 Å². The van der Waals surface area contributed by atoms with Gasteiger partial charge in [-0.25, -0.2) is 8.78 Å². The van der Waals surface area contributed by atoms with Crippen molar-refractivity contribution in [3.05, 3.63) is 32.9 Å². The summed E-state index contributed by atoms with van der Waals surface area (Å²) in [5, 5.41) is 9.12. The highest BCUT2D eigenvalue weighted by atomic mass is 127. The Bertz CT molecular complexity index is 299. The molecule has 0 radical (unpaired) electrons. The maximum Gasteiger partial charge on any atom is 0.139 e. The van der Waals surface area contributed by atoms with Gasteiger partial charge in [0.2, 0.25) is 0 Å². The minimum Gasteiger partial charge on any atom is -0.389 e. The average molecular weight is 284 g/mol. The second-order valence-corrected chi connectivity index (χ2v) is 3.55. The minimum atomic E-state index is -0.845. The molecule has 0 aliphatic carbocycles. The van der Waals surface area contributed by atoms with Gasteiger partial charge in [0.25, 0.3) is 0 Å². The van der Waals surface area contributed by atoms with Crippen LogP contribution in [0.4, 0.5) is 8.78 Å². The molecule has 0 aliphatic rings. The standard InChI is InChI=1S/C8H7F2IO/c1-4(12)6-2-5(9)3-7(10)8(6)11/h2-4,12H,1H3/t4-/m1/s1. The molecular formula is C8H7F2IO. The van der Waals surface area contributed by atoms with E-state index in [1.807, 2.05) is 0 Å². The maximum absolute atomic E-state index is 12.8. The first-order valence-corrected chi connectivity index (χ1v) is 4.42. The van der Waals surface area contributed by atoms with Crippen molar-refractivity contribution < 1.29 is 13.9 Å². The summed E-state index contributed by atoms with van der Waals surface area (Å²) in [6.07, 6.45) is -0.845. The fourth-order valence-electron chi connectivity index (χ4n) is 0.880. The van der Waals surface area contributed by atoms with Gasteiger partial charge in [0.15, 0.2) is 0 Å². The molecule has 66 valence electrons. The third kappa shape index (κ3) is 1.92. The molecule has 12 heavy (non-hydrogen) atoms. The molecule has 0 heterocycles. The first-order valence-electron chi connectivity index (χ1n) is 3.35. The first kappa shape index (κ1) is 9.85. The highest BCUT2D eigenvalue weighted by molar-refractivity contribution is 14.1. The molecule has 1 aromatic carbocycles. The lowest BCUT2D eigenvalue weighted by Crippen LogP contribution is -1.98. The lowest BCUT2D eigenvalue weighted by Gasteiger charge is -2.07.